The zero-order valence-corrected chi connectivity index (χ0v) is 21.5. The molecule has 2 fully saturated rings. The molecule has 2 amide bonds. The van der Waals surface area contributed by atoms with Crippen LogP contribution in [-0.4, -0.2) is 66.9 Å². The maximum atomic E-state index is 14.0. The lowest BCUT2D eigenvalue weighted by molar-refractivity contribution is -0.261. The summed E-state index contributed by atoms with van der Waals surface area (Å²) in [5.74, 6) is -1.30. The van der Waals surface area contributed by atoms with Gasteiger partial charge >= 0.3 is 12.3 Å². The summed E-state index contributed by atoms with van der Waals surface area (Å²) in [5.41, 5.74) is -3.34. The number of benzene rings is 2. The van der Waals surface area contributed by atoms with Crippen LogP contribution in [0.25, 0.3) is 0 Å². The standard InChI is InChI=1S/C28H33F3N2O5/c1-32(24(34)27(36,28(29,30)31)22-9-6-10-23(15-22)37-2)18-21-16-26(17-21)11-13-33(14-12-26)25(35)38-19-20-7-4-3-5-8-20/h3-10,15,21,36H,11-14,16-19H2,1-2H3/t27-/m1/s1. The molecule has 1 atom stereocenters. The first-order chi connectivity index (χ1) is 18.0. The largest absolute Gasteiger partial charge is 0.497 e. The van der Waals surface area contributed by atoms with Crippen LogP contribution >= 0.6 is 0 Å². The highest BCUT2D eigenvalue weighted by molar-refractivity contribution is 5.87. The number of carbonyl (C=O) groups excluding carboxylic acids is 2. The lowest BCUT2D eigenvalue weighted by atomic mass is 9.57. The number of aliphatic hydroxyl groups is 1. The predicted molar refractivity (Wildman–Crippen MR) is 133 cm³/mol. The number of carbonyl (C=O) groups is 2. The van der Waals surface area contributed by atoms with Gasteiger partial charge in [-0.3, -0.25) is 4.79 Å². The second-order valence-electron chi connectivity index (χ2n) is 10.4. The Bertz CT molecular complexity index is 1130. The molecule has 1 heterocycles. The minimum absolute atomic E-state index is 0.0118. The van der Waals surface area contributed by atoms with Gasteiger partial charge in [-0.25, -0.2) is 4.79 Å². The summed E-state index contributed by atoms with van der Waals surface area (Å²) in [6.07, 6.45) is -2.51. The number of ether oxygens (including phenoxy) is 2. The van der Waals surface area contributed by atoms with E-state index in [1.54, 1.807) is 4.90 Å². The van der Waals surface area contributed by atoms with E-state index in [-0.39, 0.29) is 36.3 Å². The average Bonchev–Trinajstić information content (AvgIpc) is 2.90. The van der Waals surface area contributed by atoms with Crippen molar-refractivity contribution in [1.82, 2.24) is 9.80 Å². The fourth-order valence-electron chi connectivity index (χ4n) is 5.68. The van der Waals surface area contributed by atoms with Crippen molar-refractivity contribution in [3.63, 3.8) is 0 Å². The Labute approximate surface area is 220 Å². The van der Waals surface area contributed by atoms with Crippen LogP contribution in [0.3, 0.4) is 0 Å². The first-order valence-electron chi connectivity index (χ1n) is 12.6. The number of likely N-dealkylation sites (N-methyl/N-ethyl adjacent to an activating group) is 1. The quantitative estimate of drug-likeness (QED) is 0.556. The number of likely N-dealkylation sites (tertiary alicyclic amines) is 1. The molecule has 4 rings (SSSR count). The lowest BCUT2D eigenvalue weighted by Crippen LogP contribution is -2.57. The van der Waals surface area contributed by atoms with Crippen molar-refractivity contribution in [2.24, 2.45) is 11.3 Å². The van der Waals surface area contributed by atoms with E-state index in [1.165, 1.54) is 26.3 Å². The van der Waals surface area contributed by atoms with Gasteiger partial charge in [0.05, 0.1) is 7.11 Å². The molecule has 1 N–H and O–H groups in total. The highest BCUT2D eigenvalue weighted by atomic mass is 19.4. The molecule has 1 saturated heterocycles. The molecule has 1 aliphatic heterocycles. The van der Waals surface area contributed by atoms with Crippen LogP contribution < -0.4 is 4.74 Å². The zero-order chi connectivity index (χ0) is 27.6. The van der Waals surface area contributed by atoms with Crippen LogP contribution in [0.2, 0.25) is 0 Å². The number of amides is 2. The maximum Gasteiger partial charge on any atom is 0.430 e. The van der Waals surface area contributed by atoms with E-state index in [4.69, 9.17) is 9.47 Å². The lowest BCUT2D eigenvalue weighted by Gasteiger charge is -2.53. The fourth-order valence-corrected chi connectivity index (χ4v) is 5.68. The molecule has 7 nitrogen and oxygen atoms in total. The Hall–Kier alpha value is -3.27. The van der Waals surface area contributed by atoms with Gasteiger partial charge < -0.3 is 24.4 Å². The van der Waals surface area contributed by atoms with Crippen molar-refractivity contribution < 1.29 is 37.3 Å². The Morgan fingerprint density at radius 1 is 1.08 bits per heavy atom. The number of rotatable bonds is 7. The van der Waals surface area contributed by atoms with E-state index in [0.29, 0.717) is 13.1 Å². The summed E-state index contributed by atoms with van der Waals surface area (Å²) in [4.78, 5) is 28.1. The van der Waals surface area contributed by atoms with E-state index >= 15 is 0 Å². The van der Waals surface area contributed by atoms with Crippen LogP contribution in [-0.2, 0) is 21.7 Å². The molecule has 38 heavy (non-hydrogen) atoms. The normalized spacial score (nSPS) is 18.8. The van der Waals surface area contributed by atoms with E-state index in [2.05, 4.69) is 0 Å². The number of halogens is 3. The highest BCUT2D eigenvalue weighted by Gasteiger charge is 2.62. The Morgan fingerprint density at radius 3 is 2.34 bits per heavy atom. The topological polar surface area (TPSA) is 79.3 Å². The second-order valence-corrected chi connectivity index (χ2v) is 10.4. The smallest absolute Gasteiger partial charge is 0.430 e. The minimum atomic E-state index is -5.21. The average molecular weight is 535 g/mol. The Morgan fingerprint density at radius 2 is 1.74 bits per heavy atom. The van der Waals surface area contributed by atoms with E-state index in [0.717, 1.165) is 48.3 Å². The van der Waals surface area contributed by atoms with Crippen LogP contribution in [0.5, 0.6) is 5.75 Å². The van der Waals surface area contributed by atoms with Gasteiger partial charge in [0.1, 0.15) is 12.4 Å². The molecule has 2 aromatic rings. The second kappa shape index (κ2) is 10.8. The van der Waals surface area contributed by atoms with Crippen molar-refractivity contribution in [3.05, 3.63) is 65.7 Å². The monoisotopic (exact) mass is 534 g/mol. The summed E-state index contributed by atoms with van der Waals surface area (Å²) in [6.45, 7) is 1.42. The molecule has 10 heteroatoms. The number of piperidine rings is 1. The molecular weight excluding hydrogens is 501 g/mol. The number of methoxy groups -OCH3 is 1. The summed E-state index contributed by atoms with van der Waals surface area (Å²) in [5, 5.41) is 10.7. The number of alkyl halides is 3. The van der Waals surface area contributed by atoms with Crippen LogP contribution in [0.4, 0.5) is 18.0 Å². The van der Waals surface area contributed by atoms with E-state index in [1.807, 2.05) is 30.3 Å². The molecule has 0 bridgehead atoms. The van der Waals surface area contributed by atoms with Crippen molar-refractivity contribution in [2.75, 3.05) is 33.8 Å². The van der Waals surface area contributed by atoms with Gasteiger partial charge in [0, 0.05) is 32.2 Å². The third-order valence-electron chi connectivity index (χ3n) is 7.82. The molecule has 206 valence electrons. The molecule has 0 aromatic heterocycles. The molecule has 1 aliphatic carbocycles. The molecule has 0 unspecified atom stereocenters. The van der Waals surface area contributed by atoms with Crippen LogP contribution in [0.1, 0.15) is 36.8 Å². The molecule has 0 radical (unpaired) electrons. The first-order valence-corrected chi connectivity index (χ1v) is 12.6. The summed E-state index contributed by atoms with van der Waals surface area (Å²) < 4.78 is 52.5. The minimum Gasteiger partial charge on any atom is -0.497 e. The molecule has 1 spiro atoms. The number of hydrogen-bond acceptors (Lipinski definition) is 5. The third kappa shape index (κ3) is 5.60. The van der Waals surface area contributed by atoms with Crippen molar-refractivity contribution in [3.8, 4) is 5.75 Å². The molecular formula is C28H33F3N2O5. The summed E-state index contributed by atoms with van der Waals surface area (Å²) in [7, 11) is 2.58. The predicted octanol–water partition coefficient (Wildman–Crippen LogP) is 4.73. The third-order valence-corrected chi connectivity index (χ3v) is 7.82. The Kier molecular flexibility index (Phi) is 7.92. The van der Waals surface area contributed by atoms with Gasteiger partial charge in [-0.2, -0.15) is 13.2 Å². The van der Waals surface area contributed by atoms with Gasteiger partial charge in [0.2, 0.25) is 0 Å². The summed E-state index contributed by atoms with van der Waals surface area (Å²) in [6, 6.07) is 14.3. The van der Waals surface area contributed by atoms with Crippen molar-refractivity contribution in [2.45, 2.75) is 44.1 Å². The van der Waals surface area contributed by atoms with Gasteiger partial charge in [-0.1, -0.05) is 42.5 Å². The SMILES string of the molecule is COc1cccc([C@@](O)(C(=O)N(C)CC2CC3(CCN(C(=O)OCc4ccccc4)CC3)C2)C(F)(F)F)c1. The number of nitrogens with zero attached hydrogens (tertiary/aromatic N) is 2. The molecule has 2 aliphatic rings. The Balaban J connectivity index is 1.29. The van der Waals surface area contributed by atoms with Crippen LogP contribution in [0, 0.1) is 11.3 Å². The molecule has 2 aromatic carbocycles. The van der Waals surface area contributed by atoms with Crippen molar-refractivity contribution in [1.29, 1.82) is 0 Å². The van der Waals surface area contributed by atoms with E-state index in [9.17, 15) is 27.9 Å². The van der Waals surface area contributed by atoms with Crippen molar-refractivity contribution >= 4 is 12.0 Å². The maximum absolute atomic E-state index is 14.0. The van der Waals surface area contributed by atoms with Gasteiger partial charge in [-0.05, 0) is 54.7 Å². The molecule has 1 saturated carbocycles. The highest BCUT2D eigenvalue weighted by Crippen LogP contribution is 2.53. The first kappa shape index (κ1) is 27.8. The van der Waals surface area contributed by atoms with E-state index < -0.39 is 23.2 Å². The zero-order valence-electron chi connectivity index (χ0n) is 21.5. The van der Waals surface area contributed by atoms with Crippen LogP contribution in [0.15, 0.2) is 54.6 Å². The van der Waals surface area contributed by atoms with Gasteiger partial charge in [-0.15, -0.1) is 0 Å². The van der Waals surface area contributed by atoms with Gasteiger partial charge in [0.25, 0.3) is 11.5 Å². The number of hydrogen-bond donors (Lipinski definition) is 1. The van der Waals surface area contributed by atoms with Gasteiger partial charge in [0.15, 0.2) is 0 Å². The fraction of sp³-hybridized carbons (Fsp3) is 0.500. The summed E-state index contributed by atoms with van der Waals surface area (Å²) >= 11 is 0.